The number of carbonyl (C=O) groups excluding carboxylic acids is 1. The number of aromatic nitrogens is 4. The van der Waals surface area contributed by atoms with Gasteiger partial charge in [0.25, 0.3) is 5.91 Å². The number of halogens is 2. The topological polar surface area (TPSA) is 72.7 Å². The molecule has 0 aliphatic heterocycles. The average molecular weight is 337 g/mol. The molecule has 130 valence electrons. The summed E-state index contributed by atoms with van der Waals surface area (Å²) in [5.41, 5.74) is 1.86. The van der Waals surface area contributed by atoms with Crippen molar-refractivity contribution >= 4 is 5.91 Å². The van der Waals surface area contributed by atoms with E-state index in [0.717, 1.165) is 18.5 Å². The van der Waals surface area contributed by atoms with E-state index < -0.39 is 6.93 Å². The predicted octanol–water partition coefficient (Wildman–Crippen LogP) is 2.82. The normalized spacial score (nSPS) is 14.6. The Kier molecular flexibility index (Phi) is 6.77. The number of nitrogens with one attached hydrogen (secondary N) is 1. The van der Waals surface area contributed by atoms with Crippen molar-refractivity contribution in [1.82, 2.24) is 24.8 Å². The van der Waals surface area contributed by atoms with E-state index in [4.69, 9.17) is 0 Å². The molecule has 2 aromatic rings. The van der Waals surface area contributed by atoms with Gasteiger partial charge in [0, 0.05) is 13.1 Å². The van der Waals surface area contributed by atoms with Gasteiger partial charge < -0.3 is 9.88 Å². The molecule has 8 heteroatoms. The van der Waals surface area contributed by atoms with Gasteiger partial charge in [0.15, 0.2) is 0 Å². The Balaban J connectivity index is 0.000000647. The number of imidazole rings is 1. The molecule has 1 aliphatic carbocycles. The maximum absolute atomic E-state index is 12.3. The summed E-state index contributed by atoms with van der Waals surface area (Å²) in [6.07, 6.45) is 12.3. The summed E-state index contributed by atoms with van der Waals surface area (Å²) >= 11 is 0. The molecule has 1 aliphatic rings. The molecule has 3 rings (SSSR count). The first kappa shape index (κ1) is 18.0. The molecule has 1 saturated carbocycles. The molecule has 0 unspecified atom stereocenters. The Labute approximate surface area is 139 Å². The van der Waals surface area contributed by atoms with E-state index in [1.165, 1.54) is 25.5 Å². The van der Waals surface area contributed by atoms with E-state index in [9.17, 15) is 13.6 Å². The van der Waals surface area contributed by atoms with Gasteiger partial charge in [-0.3, -0.25) is 9.78 Å². The second kappa shape index (κ2) is 9.05. The smallest absolute Gasteiger partial charge is 0.271 e. The van der Waals surface area contributed by atoms with Gasteiger partial charge in [0.1, 0.15) is 11.4 Å². The standard InChI is InChI=1S/C15H19N5O.CH2F2/c1-20-10-17-9-14(20)12-7-16-8-13(19-12)15(21)18-11-5-3-2-4-6-11;2-1-3/h7-11H,2-6H2,1H3,(H,18,21);1H2. The fraction of sp³-hybridized carbons (Fsp3) is 0.500. The Morgan fingerprint density at radius 1 is 1.21 bits per heavy atom. The van der Waals surface area contributed by atoms with Crippen molar-refractivity contribution < 1.29 is 13.6 Å². The van der Waals surface area contributed by atoms with Gasteiger partial charge in [-0.15, -0.1) is 0 Å². The second-order valence-corrected chi connectivity index (χ2v) is 5.59. The maximum atomic E-state index is 12.3. The monoisotopic (exact) mass is 337 g/mol. The van der Waals surface area contributed by atoms with Gasteiger partial charge in [-0.2, -0.15) is 0 Å². The molecular weight excluding hydrogens is 316 g/mol. The van der Waals surface area contributed by atoms with Crippen LogP contribution in [0.5, 0.6) is 0 Å². The van der Waals surface area contributed by atoms with Crippen LogP contribution in [0.15, 0.2) is 24.9 Å². The number of amides is 1. The molecule has 0 spiro atoms. The van der Waals surface area contributed by atoms with Gasteiger partial charge in [0.05, 0.1) is 30.6 Å². The van der Waals surface area contributed by atoms with E-state index in [1.807, 2.05) is 11.6 Å². The fourth-order valence-corrected chi connectivity index (χ4v) is 2.71. The van der Waals surface area contributed by atoms with E-state index in [1.54, 1.807) is 18.7 Å². The molecule has 1 amide bonds. The lowest BCUT2D eigenvalue weighted by atomic mass is 9.95. The third-order valence-electron chi connectivity index (χ3n) is 3.89. The van der Waals surface area contributed by atoms with Crippen LogP contribution in [-0.2, 0) is 7.05 Å². The molecule has 0 saturated heterocycles. The SMILES string of the molecule is Cn1cncc1-c1cncc(C(=O)NC2CCCCC2)n1.FCF. The van der Waals surface area contributed by atoms with Crippen molar-refractivity contribution in [3.8, 4) is 11.4 Å². The minimum atomic E-state index is -1.75. The Hall–Kier alpha value is -2.38. The highest BCUT2D eigenvalue weighted by Gasteiger charge is 2.18. The van der Waals surface area contributed by atoms with Crippen LogP contribution in [0.3, 0.4) is 0 Å². The molecule has 2 heterocycles. The van der Waals surface area contributed by atoms with Crippen LogP contribution in [0.1, 0.15) is 42.6 Å². The van der Waals surface area contributed by atoms with Crippen LogP contribution in [0.2, 0.25) is 0 Å². The number of nitrogens with zero attached hydrogens (tertiary/aromatic N) is 4. The van der Waals surface area contributed by atoms with E-state index in [0.29, 0.717) is 11.4 Å². The minimum Gasteiger partial charge on any atom is -0.348 e. The summed E-state index contributed by atoms with van der Waals surface area (Å²) in [6, 6.07) is 0.272. The molecular formula is C16H21F2N5O. The largest absolute Gasteiger partial charge is 0.348 e. The maximum Gasteiger partial charge on any atom is 0.271 e. The highest BCUT2D eigenvalue weighted by molar-refractivity contribution is 5.92. The zero-order valence-corrected chi connectivity index (χ0v) is 13.6. The van der Waals surface area contributed by atoms with Crippen molar-refractivity contribution in [2.45, 2.75) is 38.1 Å². The molecule has 1 N–H and O–H groups in total. The zero-order chi connectivity index (χ0) is 17.4. The number of hydrogen-bond acceptors (Lipinski definition) is 4. The summed E-state index contributed by atoms with van der Waals surface area (Å²) < 4.78 is 21.1. The average Bonchev–Trinajstić information content (AvgIpc) is 3.03. The fourth-order valence-electron chi connectivity index (χ4n) is 2.71. The summed E-state index contributed by atoms with van der Waals surface area (Å²) in [6.45, 7) is -1.75. The van der Waals surface area contributed by atoms with Gasteiger partial charge in [-0.1, -0.05) is 19.3 Å². The minimum absolute atomic E-state index is 0.140. The molecule has 1 fully saturated rings. The van der Waals surface area contributed by atoms with Crippen molar-refractivity contribution in [3.63, 3.8) is 0 Å². The first-order chi connectivity index (χ1) is 11.7. The van der Waals surface area contributed by atoms with Crippen LogP contribution >= 0.6 is 0 Å². The number of alkyl halides is 2. The first-order valence-corrected chi connectivity index (χ1v) is 7.87. The van der Waals surface area contributed by atoms with E-state index in [-0.39, 0.29) is 11.9 Å². The Morgan fingerprint density at radius 3 is 2.54 bits per heavy atom. The van der Waals surface area contributed by atoms with Crippen LogP contribution in [-0.4, -0.2) is 38.4 Å². The summed E-state index contributed by atoms with van der Waals surface area (Å²) in [7, 11) is 1.89. The Morgan fingerprint density at radius 2 is 1.92 bits per heavy atom. The van der Waals surface area contributed by atoms with Gasteiger partial charge >= 0.3 is 0 Å². The van der Waals surface area contributed by atoms with E-state index >= 15 is 0 Å². The molecule has 0 aromatic carbocycles. The van der Waals surface area contributed by atoms with Crippen LogP contribution < -0.4 is 5.32 Å². The zero-order valence-electron chi connectivity index (χ0n) is 13.6. The first-order valence-electron chi connectivity index (χ1n) is 7.87. The lowest BCUT2D eigenvalue weighted by molar-refractivity contribution is 0.0922. The third kappa shape index (κ3) is 4.81. The molecule has 0 atom stereocenters. The quantitative estimate of drug-likeness (QED) is 0.935. The van der Waals surface area contributed by atoms with E-state index in [2.05, 4.69) is 20.3 Å². The highest BCUT2D eigenvalue weighted by Crippen LogP contribution is 2.18. The summed E-state index contributed by atoms with van der Waals surface area (Å²) in [5.74, 6) is -0.140. The number of aryl methyl sites for hydroxylation is 1. The summed E-state index contributed by atoms with van der Waals surface area (Å²) in [4.78, 5) is 24.9. The number of hydrogen-bond donors (Lipinski definition) is 1. The number of rotatable bonds is 3. The number of carbonyl (C=O) groups is 1. The van der Waals surface area contributed by atoms with Gasteiger partial charge in [-0.25, -0.2) is 18.7 Å². The molecule has 0 radical (unpaired) electrons. The predicted molar refractivity (Wildman–Crippen MR) is 85.7 cm³/mol. The Bertz CT molecular complexity index is 655. The highest BCUT2D eigenvalue weighted by atomic mass is 19.3. The summed E-state index contributed by atoms with van der Waals surface area (Å²) in [5, 5.41) is 3.06. The molecule has 6 nitrogen and oxygen atoms in total. The van der Waals surface area contributed by atoms with Crippen LogP contribution in [0.25, 0.3) is 11.4 Å². The molecule has 24 heavy (non-hydrogen) atoms. The lowest BCUT2D eigenvalue weighted by Gasteiger charge is -2.22. The van der Waals surface area contributed by atoms with Crippen molar-refractivity contribution in [3.05, 3.63) is 30.6 Å². The third-order valence-corrected chi connectivity index (χ3v) is 3.89. The second-order valence-electron chi connectivity index (χ2n) is 5.59. The van der Waals surface area contributed by atoms with Crippen LogP contribution in [0.4, 0.5) is 8.78 Å². The van der Waals surface area contributed by atoms with Crippen molar-refractivity contribution in [1.29, 1.82) is 0 Å². The van der Waals surface area contributed by atoms with Crippen molar-refractivity contribution in [2.24, 2.45) is 7.05 Å². The lowest BCUT2D eigenvalue weighted by Crippen LogP contribution is -2.36. The van der Waals surface area contributed by atoms with Gasteiger partial charge in [-0.05, 0) is 12.8 Å². The van der Waals surface area contributed by atoms with Gasteiger partial charge in [0.2, 0.25) is 6.93 Å². The molecule has 2 aromatic heterocycles. The van der Waals surface area contributed by atoms with Crippen LogP contribution in [0, 0.1) is 0 Å². The van der Waals surface area contributed by atoms with Crippen molar-refractivity contribution in [2.75, 3.05) is 6.93 Å². The molecule has 0 bridgehead atoms.